The molecule has 32 heavy (non-hydrogen) atoms. The van der Waals surface area contributed by atoms with Gasteiger partial charge in [-0.3, -0.25) is 0 Å². The third kappa shape index (κ3) is 3.74. The van der Waals surface area contributed by atoms with Crippen LogP contribution in [0.2, 0.25) is 0 Å². The molecule has 4 rings (SSSR count). The van der Waals surface area contributed by atoms with Gasteiger partial charge in [0, 0.05) is 0 Å². The second kappa shape index (κ2) is 9.04. The zero-order valence-electron chi connectivity index (χ0n) is 17.6. The summed E-state index contributed by atoms with van der Waals surface area (Å²) < 4.78 is 4.97. The molecule has 4 aromatic carbocycles. The number of carboxylic acids is 1. The molecular formula is C27H22O4Si. The molecule has 0 spiro atoms. The van der Waals surface area contributed by atoms with Gasteiger partial charge in [0.05, 0.1) is 18.2 Å². The van der Waals surface area contributed by atoms with E-state index in [1.54, 1.807) is 24.3 Å². The second-order valence-corrected chi connectivity index (χ2v) is 11.2. The molecule has 0 saturated heterocycles. The highest BCUT2D eigenvalue weighted by Gasteiger charge is 2.42. The van der Waals surface area contributed by atoms with Crippen LogP contribution in [0.4, 0.5) is 0 Å². The Balaban J connectivity index is 2.14. The van der Waals surface area contributed by atoms with E-state index in [2.05, 4.69) is 24.3 Å². The van der Waals surface area contributed by atoms with Gasteiger partial charge in [0.15, 0.2) is 8.07 Å². The lowest BCUT2D eigenvalue weighted by atomic mass is 10.2. The van der Waals surface area contributed by atoms with Crippen LogP contribution in [0.5, 0.6) is 0 Å². The van der Waals surface area contributed by atoms with Gasteiger partial charge in [0.2, 0.25) is 0 Å². The number of benzene rings is 4. The Hall–Kier alpha value is -3.96. The minimum atomic E-state index is -2.94. The average Bonchev–Trinajstić information content (AvgIpc) is 2.86. The molecule has 0 aliphatic heterocycles. The van der Waals surface area contributed by atoms with Gasteiger partial charge in [-0.15, -0.1) is 0 Å². The number of methoxy groups -OCH3 is 1. The van der Waals surface area contributed by atoms with E-state index in [0.717, 1.165) is 20.7 Å². The van der Waals surface area contributed by atoms with Crippen LogP contribution in [-0.4, -0.2) is 32.2 Å². The van der Waals surface area contributed by atoms with Crippen molar-refractivity contribution in [1.29, 1.82) is 0 Å². The third-order valence-electron chi connectivity index (χ3n) is 5.67. The van der Waals surface area contributed by atoms with Crippen LogP contribution in [0.3, 0.4) is 0 Å². The molecule has 0 heterocycles. The third-order valence-corrected chi connectivity index (χ3v) is 10.4. The summed E-state index contributed by atoms with van der Waals surface area (Å²) in [5.74, 6) is -1.38. The summed E-state index contributed by atoms with van der Waals surface area (Å²) in [5.41, 5.74) is 0.693. The van der Waals surface area contributed by atoms with Crippen LogP contribution in [0, 0.1) is 0 Å². The monoisotopic (exact) mass is 438 g/mol. The van der Waals surface area contributed by atoms with Gasteiger partial charge >= 0.3 is 11.9 Å². The highest BCUT2D eigenvalue weighted by Crippen LogP contribution is 2.12. The fraction of sp³-hybridized carbons (Fsp3) is 0.0370. The Labute approximate surface area is 187 Å². The molecule has 0 unspecified atom stereocenters. The van der Waals surface area contributed by atoms with Crippen LogP contribution >= 0.6 is 0 Å². The minimum absolute atomic E-state index is 0.232. The molecule has 0 aliphatic rings. The maximum Gasteiger partial charge on any atom is 0.337 e. The molecule has 0 amide bonds. The molecule has 0 atom stereocenters. The summed E-state index contributed by atoms with van der Waals surface area (Å²) in [6, 6.07) is 34.9. The van der Waals surface area contributed by atoms with E-state index < -0.39 is 20.0 Å². The van der Waals surface area contributed by atoms with Crippen molar-refractivity contribution in [1.82, 2.24) is 0 Å². The number of carbonyl (C=O) groups is 2. The summed E-state index contributed by atoms with van der Waals surface area (Å²) in [7, 11) is -1.57. The predicted octanol–water partition coefficient (Wildman–Crippen LogP) is 2.55. The largest absolute Gasteiger partial charge is 0.478 e. The van der Waals surface area contributed by atoms with Crippen molar-refractivity contribution in [2.45, 2.75) is 0 Å². The second-order valence-electron chi connectivity index (χ2n) is 7.44. The fourth-order valence-corrected chi connectivity index (χ4v) is 9.08. The number of rotatable bonds is 6. The highest BCUT2D eigenvalue weighted by molar-refractivity contribution is 7.19. The topological polar surface area (TPSA) is 63.6 Å². The first-order valence-corrected chi connectivity index (χ1v) is 12.2. The molecule has 0 aliphatic carbocycles. The van der Waals surface area contributed by atoms with E-state index >= 15 is 0 Å². The van der Waals surface area contributed by atoms with Crippen molar-refractivity contribution >= 4 is 40.8 Å². The van der Waals surface area contributed by atoms with Gasteiger partial charge in [0.1, 0.15) is 0 Å². The minimum Gasteiger partial charge on any atom is -0.478 e. The van der Waals surface area contributed by atoms with Crippen LogP contribution in [0.1, 0.15) is 20.7 Å². The Bertz CT molecular complexity index is 1210. The maximum absolute atomic E-state index is 12.4. The highest BCUT2D eigenvalue weighted by atomic mass is 28.3. The van der Waals surface area contributed by atoms with Crippen LogP contribution in [0.15, 0.2) is 109 Å². The summed E-state index contributed by atoms with van der Waals surface area (Å²) in [5, 5.41) is 13.8. The molecule has 0 aromatic heterocycles. The number of ether oxygens (including phenoxy) is 1. The Morgan fingerprint density at radius 1 is 0.625 bits per heavy atom. The van der Waals surface area contributed by atoms with Gasteiger partial charge < -0.3 is 9.84 Å². The van der Waals surface area contributed by atoms with Gasteiger partial charge in [-0.05, 0) is 45.0 Å². The first kappa shape index (κ1) is 21.3. The first-order chi connectivity index (χ1) is 15.6. The predicted molar refractivity (Wildman–Crippen MR) is 128 cm³/mol. The van der Waals surface area contributed by atoms with Crippen LogP contribution < -0.4 is 20.7 Å². The molecule has 0 bridgehead atoms. The number of carboxylic acid groups (broad SMARTS) is 1. The molecule has 4 nitrogen and oxygen atoms in total. The Morgan fingerprint density at radius 3 is 1.53 bits per heavy atom. The number of esters is 1. The van der Waals surface area contributed by atoms with E-state index in [9.17, 15) is 14.7 Å². The zero-order chi connectivity index (χ0) is 22.6. The normalized spacial score (nSPS) is 11.0. The Kier molecular flexibility index (Phi) is 6.01. The summed E-state index contributed by atoms with van der Waals surface area (Å²) >= 11 is 0. The van der Waals surface area contributed by atoms with Crippen molar-refractivity contribution in [2.24, 2.45) is 0 Å². The number of hydrogen-bond acceptors (Lipinski definition) is 3. The van der Waals surface area contributed by atoms with Crippen LogP contribution in [0.25, 0.3) is 0 Å². The van der Waals surface area contributed by atoms with Gasteiger partial charge in [-0.1, -0.05) is 84.9 Å². The number of carbonyl (C=O) groups excluding carboxylic acids is 1. The smallest absolute Gasteiger partial charge is 0.337 e. The maximum atomic E-state index is 12.4. The van der Waals surface area contributed by atoms with Crippen molar-refractivity contribution in [3.05, 3.63) is 120 Å². The van der Waals surface area contributed by atoms with Gasteiger partial charge in [0.25, 0.3) is 0 Å². The zero-order valence-corrected chi connectivity index (χ0v) is 18.6. The number of aromatic carboxylic acids is 1. The van der Waals surface area contributed by atoms with E-state index in [1.165, 1.54) is 7.11 Å². The lowest BCUT2D eigenvalue weighted by molar-refractivity contribution is 0.0600. The molecule has 5 heteroatoms. The Morgan fingerprint density at radius 2 is 1.06 bits per heavy atom. The molecule has 0 radical (unpaired) electrons. The molecule has 0 fully saturated rings. The first-order valence-electron chi connectivity index (χ1n) is 10.2. The van der Waals surface area contributed by atoms with Crippen LogP contribution in [-0.2, 0) is 4.74 Å². The van der Waals surface area contributed by atoms with E-state index in [4.69, 9.17) is 4.74 Å². The summed E-state index contributed by atoms with van der Waals surface area (Å²) in [4.78, 5) is 24.2. The molecule has 1 N–H and O–H groups in total. The van der Waals surface area contributed by atoms with E-state index in [-0.39, 0.29) is 5.56 Å². The molecule has 158 valence electrons. The quantitative estimate of drug-likeness (QED) is 0.286. The number of hydrogen-bond donors (Lipinski definition) is 1. The lowest BCUT2D eigenvalue weighted by Crippen LogP contribution is -2.74. The van der Waals surface area contributed by atoms with E-state index in [1.807, 2.05) is 60.7 Å². The summed E-state index contributed by atoms with van der Waals surface area (Å²) in [6.45, 7) is 0. The molecule has 4 aromatic rings. The summed E-state index contributed by atoms with van der Waals surface area (Å²) in [6.07, 6.45) is 0. The van der Waals surface area contributed by atoms with Crippen molar-refractivity contribution in [3.63, 3.8) is 0 Å². The van der Waals surface area contributed by atoms with E-state index in [0.29, 0.717) is 5.56 Å². The standard InChI is InChI=1S/C27H22O4Si/c1-31-27(30)21-11-9-17-25(19-21)32(22-12-4-2-5-13-22,23-14-6-3-7-15-23)24-16-8-10-20(18-24)26(28)29/h2-19H,1H3,(H,28,29). The fourth-order valence-electron chi connectivity index (χ4n) is 4.26. The van der Waals surface area contributed by atoms with Crippen molar-refractivity contribution in [2.75, 3.05) is 7.11 Å². The van der Waals surface area contributed by atoms with Gasteiger partial charge in [-0.2, -0.15) is 0 Å². The van der Waals surface area contributed by atoms with Crippen molar-refractivity contribution < 1.29 is 19.4 Å². The average molecular weight is 439 g/mol. The SMILES string of the molecule is COC(=O)c1cccc([Si](c2ccccc2)(c2ccccc2)c2cccc(C(=O)O)c2)c1. The molecular weight excluding hydrogens is 416 g/mol. The lowest BCUT2D eigenvalue weighted by Gasteiger charge is -2.34. The molecule has 0 saturated carbocycles. The van der Waals surface area contributed by atoms with Gasteiger partial charge in [-0.25, -0.2) is 9.59 Å². The van der Waals surface area contributed by atoms with Crippen molar-refractivity contribution in [3.8, 4) is 0 Å².